The van der Waals surface area contributed by atoms with E-state index in [4.69, 9.17) is 0 Å². The second-order valence-corrected chi connectivity index (χ2v) is 6.04. The molecule has 1 N–H and O–H groups in total. The summed E-state index contributed by atoms with van der Waals surface area (Å²) in [5, 5.41) is 2.56. The average Bonchev–Trinajstić information content (AvgIpc) is 2.28. The third-order valence-corrected chi connectivity index (χ3v) is 3.90. The largest absolute Gasteiger partial charge is 0.433 e. The summed E-state index contributed by atoms with van der Waals surface area (Å²) in [5.74, 6) is -0.123. The van der Waals surface area contributed by atoms with Gasteiger partial charge in [0.05, 0.1) is 5.75 Å². The molecular formula is C10H13F3N2O2S. The van der Waals surface area contributed by atoms with Gasteiger partial charge in [-0.15, -0.1) is 0 Å². The van der Waals surface area contributed by atoms with Crippen molar-refractivity contribution in [2.75, 3.05) is 23.4 Å². The molecule has 0 radical (unpaired) electrons. The van der Waals surface area contributed by atoms with Crippen LogP contribution in [0.2, 0.25) is 0 Å². The van der Waals surface area contributed by atoms with Crippen molar-refractivity contribution in [3.05, 3.63) is 23.9 Å². The molecule has 0 bridgehead atoms. The van der Waals surface area contributed by atoms with Gasteiger partial charge in [0.15, 0.2) is 9.84 Å². The number of hydrogen-bond donors (Lipinski definition) is 1. The van der Waals surface area contributed by atoms with Crippen molar-refractivity contribution in [1.82, 2.24) is 4.98 Å². The van der Waals surface area contributed by atoms with Crippen LogP contribution in [-0.4, -0.2) is 31.5 Å². The molecule has 0 fully saturated rings. The summed E-state index contributed by atoms with van der Waals surface area (Å²) in [6.45, 7) is 1.54. The topological polar surface area (TPSA) is 59.1 Å². The minimum Gasteiger partial charge on any atom is -0.369 e. The highest BCUT2D eigenvalue weighted by atomic mass is 32.2. The van der Waals surface area contributed by atoms with E-state index in [1.54, 1.807) is 0 Å². The third-order valence-electron chi connectivity index (χ3n) is 2.20. The maximum absolute atomic E-state index is 12.3. The van der Waals surface area contributed by atoms with Gasteiger partial charge >= 0.3 is 6.18 Å². The van der Waals surface area contributed by atoms with E-state index in [2.05, 4.69) is 10.3 Å². The van der Waals surface area contributed by atoms with Gasteiger partial charge in [-0.3, -0.25) is 0 Å². The van der Waals surface area contributed by atoms with Gasteiger partial charge < -0.3 is 5.32 Å². The second kappa shape index (κ2) is 5.55. The van der Waals surface area contributed by atoms with Gasteiger partial charge in [-0.1, -0.05) is 13.0 Å². The fraction of sp³-hybridized carbons (Fsp3) is 0.500. The number of pyridine rings is 1. The van der Waals surface area contributed by atoms with Gasteiger partial charge in [0.25, 0.3) is 0 Å². The van der Waals surface area contributed by atoms with Gasteiger partial charge in [0.1, 0.15) is 11.5 Å². The van der Waals surface area contributed by atoms with Gasteiger partial charge in [-0.2, -0.15) is 13.2 Å². The van der Waals surface area contributed by atoms with E-state index in [1.807, 2.05) is 0 Å². The Labute approximate surface area is 103 Å². The maximum atomic E-state index is 12.3. The van der Waals surface area contributed by atoms with Gasteiger partial charge in [-0.25, -0.2) is 13.4 Å². The third kappa shape index (κ3) is 4.52. The number of hydrogen-bond acceptors (Lipinski definition) is 4. The van der Waals surface area contributed by atoms with E-state index in [1.165, 1.54) is 19.1 Å². The first-order chi connectivity index (χ1) is 8.24. The zero-order valence-electron chi connectivity index (χ0n) is 9.66. The molecule has 1 aromatic rings. The van der Waals surface area contributed by atoms with E-state index in [0.717, 1.165) is 6.07 Å². The Balaban J connectivity index is 2.64. The van der Waals surface area contributed by atoms with Crippen molar-refractivity contribution < 1.29 is 21.6 Å². The Morgan fingerprint density at radius 1 is 1.33 bits per heavy atom. The molecule has 0 spiro atoms. The van der Waals surface area contributed by atoms with Gasteiger partial charge in [0.2, 0.25) is 0 Å². The minimum absolute atomic E-state index is 0.00466. The molecule has 1 rings (SSSR count). The molecule has 0 aliphatic carbocycles. The second-order valence-electron chi connectivity index (χ2n) is 3.57. The molecule has 18 heavy (non-hydrogen) atoms. The average molecular weight is 282 g/mol. The smallest absolute Gasteiger partial charge is 0.369 e. The highest BCUT2D eigenvalue weighted by molar-refractivity contribution is 7.91. The molecule has 8 heteroatoms. The van der Waals surface area contributed by atoms with E-state index >= 15 is 0 Å². The van der Waals surface area contributed by atoms with E-state index < -0.39 is 21.7 Å². The monoisotopic (exact) mass is 282 g/mol. The number of sulfone groups is 1. The standard InChI is InChI=1S/C10H13F3N2O2S/c1-2-18(16,17)7-6-14-9-5-3-4-8(15-9)10(11,12)13/h3-5H,2,6-7H2,1H3,(H,14,15). The fourth-order valence-corrected chi connectivity index (χ4v) is 1.87. The number of aromatic nitrogens is 1. The molecule has 1 heterocycles. The number of nitrogens with zero attached hydrogens (tertiary/aromatic N) is 1. The van der Waals surface area contributed by atoms with Crippen LogP contribution in [0.4, 0.5) is 19.0 Å². The normalized spacial score (nSPS) is 12.4. The Morgan fingerprint density at radius 3 is 2.56 bits per heavy atom. The summed E-state index contributed by atoms with van der Waals surface area (Å²) in [6, 6.07) is 3.42. The van der Waals surface area contributed by atoms with E-state index in [-0.39, 0.29) is 23.9 Å². The van der Waals surface area contributed by atoms with E-state index in [9.17, 15) is 21.6 Å². The van der Waals surface area contributed by atoms with Crippen molar-refractivity contribution >= 4 is 15.7 Å². The van der Waals surface area contributed by atoms with Crippen molar-refractivity contribution in [3.8, 4) is 0 Å². The number of halogens is 3. The summed E-state index contributed by atoms with van der Waals surface area (Å²) in [4.78, 5) is 3.36. The quantitative estimate of drug-likeness (QED) is 0.896. The zero-order chi connectivity index (χ0) is 13.8. The Bertz CT molecular complexity index is 500. The van der Waals surface area contributed by atoms with Crippen LogP contribution in [0.25, 0.3) is 0 Å². The highest BCUT2D eigenvalue weighted by Gasteiger charge is 2.32. The SMILES string of the molecule is CCS(=O)(=O)CCNc1cccc(C(F)(F)F)n1. The van der Waals surface area contributed by atoms with Gasteiger partial charge in [-0.05, 0) is 12.1 Å². The Morgan fingerprint density at radius 2 is 2.00 bits per heavy atom. The van der Waals surface area contributed by atoms with Crippen LogP contribution in [0, 0.1) is 0 Å². The lowest BCUT2D eigenvalue weighted by Crippen LogP contribution is -2.18. The number of anilines is 1. The first-order valence-corrected chi connectivity index (χ1v) is 7.05. The molecule has 1 aromatic heterocycles. The lowest BCUT2D eigenvalue weighted by Gasteiger charge is -2.09. The molecule has 0 atom stereocenters. The molecule has 0 saturated heterocycles. The van der Waals surface area contributed by atoms with Crippen LogP contribution in [0.15, 0.2) is 18.2 Å². The zero-order valence-corrected chi connectivity index (χ0v) is 10.5. The molecule has 0 unspecified atom stereocenters. The first-order valence-electron chi connectivity index (χ1n) is 5.23. The Kier molecular flexibility index (Phi) is 4.55. The number of alkyl halides is 3. The van der Waals surface area contributed by atoms with Crippen LogP contribution in [0.3, 0.4) is 0 Å². The van der Waals surface area contributed by atoms with Crippen molar-refractivity contribution in [1.29, 1.82) is 0 Å². The summed E-state index contributed by atoms with van der Waals surface area (Å²) < 4.78 is 59.4. The first kappa shape index (κ1) is 14.7. The molecule has 0 aromatic carbocycles. The molecule has 0 amide bonds. The molecule has 102 valence electrons. The lowest BCUT2D eigenvalue weighted by molar-refractivity contribution is -0.141. The molecular weight excluding hydrogens is 269 g/mol. The van der Waals surface area contributed by atoms with Crippen molar-refractivity contribution in [2.24, 2.45) is 0 Å². The van der Waals surface area contributed by atoms with Crippen LogP contribution >= 0.6 is 0 Å². The summed E-state index contributed by atoms with van der Waals surface area (Å²) in [5.41, 5.74) is -1.01. The van der Waals surface area contributed by atoms with Crippen LogP contribution < -0.4 is 5.32 Å². The summed E-state index contributed by atoms with van der Waals surface area (Å²) >= 11 is 0. The summed E-state index contributed by atoms with van der Waals surface area (Å²) in [6.07, 6.45) is -4.51. The fourth-order valence-electron chi connectivity index (χ4n) is 1.17. The van der Waals surface area contributed by atoms with Crippen molar-refractivity contribution in [3.63, 3.8) is 0 Å². The minimum atomic E-state index is -4.51. The Hall–Kier alpha value is -1.31. The van der Waals surface area contributed by atoms with Crippen LogP contribution in [0.1, 0.15) is 12.6 Å². The van der Waals surface area contributed by atoms with Crippen LogP contribution in [-0.2, 0) is 16.0 Å². The molecule has 0 aliphatic heterocycles. The number of nitrogens with one attached hydrogen (secondary N) is 1. The predicted octanol–water partition coefficient (Wildman–Crippen LogP) is 1.95. The van der Waals surface area contributed by atoms with E-state index in [0.29, 0.717) is 0 Å². The molecule has 0 aliphatic rings. The molecule has 4 nitrogen and oxygen atoms in total. The van der Waals surface area contributed by atoms with Gasteiger partial charge in [0, 0.05) is 12.3 Å². The maximum Gasteiger partial charge on any atom is 0.433 e. The van der Waals surface area contributed by atoms with Crippen LogP contribution in [0.5, 0.6) is 0 Å². The lowest BCUT2D eigenvalue weighted by atomic mass is 10.3. The predicted molar refractivity (Wildman–Crippen MR) is 62.1 cm³/mol. The molecule has 0 saturated carbocycles. The summed E-state index contributed by atoms with van der Waals surface area (Å²) in [7, 11) is -3.14. The van der Waals surface area contributed by atoms with Crippen molar-refractivity contribution in [2.45, 2.75) is 13.1 Å². The highest BCUT2D eigenvalue weighted by Crippen LogP contribution is 2.27. The number of rotatable bonds is 5.